The minimum atomic E-state index is 0.0400. The average Bonchev–Trinajstić information content (AvgIpc) is 2.49. The highest BCUT2D eigenvalue weighted by atomic mass is 16.5. The molecule has 1 fully saturated rings. The minimum Gasteiger partial charge on any atom is -0.496 e. The van der Waals surface area contributed by atoms with E-state index in [1.165, 1.54) is 0 Å². The van der Waals surface area contributed by atoms with Gasteiger partial charge in [-0.1, -0.05) is 6.92 Å². The van der Waals surface area contributed by atoms with Gasteiger partial charge >= 0.3 is 0 Å². The quantitative estimate of drug-likeness (QED) is 0.703. The zero-order valence-corrected chi connectivity index (χ0v) is 13.3. The lowest BCUT2D eigenvalue weighted by Gasteiger charge is -2.31. The molecule has 1 saturated heterocycles. The molecule has 0 aliphatic carbocycles. The lowest BCUT2D eigenvalue weighted by molar-refractivity contribution is -0.126. The van der Waals surface area contributed by atoms with Gasteiger partial charge in [0.15, 0.2) is 0 Å². The van der Waals surface area contributed by atoms with Crippen LogP contribution < -0.4 is 24.8 Å². The van der Waals surface area contributed by atoms with Crippen molar-refractivity contribution in [3.05, 3.63) is 18.2 Å². The minimum absolute atomic E-state index is 0.0400. The van der Waals surface area contributed by atoms with E-state index in [2.05, 4.69) is 10.6 Å². The second-order valence-electron chi connectivity index (χ2n) is 5.39. The van der Waals surface area contributed by atoms with Gasteiger partial charge in [-0.2, -0.15) is 0 Å². The van der Waals surface area contributed by atoms with E-state index in [0.717, 1.165) is 13.1 Å². The molecule has 1 amide bonds. The summed E-state index contributed by atoms with van der Waals surface area (Å²) in [4.78, 5) is 12.0. The highest BCUT2D eigenvalue weighted by Gasteiger charge is 2.28. The van der Waals surface area contributed by atoms with Crippen LogP contribution in [0.15, 0.2) is 18.2 Å². The standard InChI is InChI=1S/C16H24N2O4/c1-11(12-9-17-10-12)16(19)18-4-5-22-15-7-13(20-2)6-14(8-15)21-3/h6-8,11-12,17H,4-5,9-10H2,1-3H3,(H,18,19). The van der Waals surface area contributed by atoms with Crippen LogP contribution in [-0.2, 0) is 4.79 Å². The third kappa shape index (κ3) is 4.27. The third-order valence-electron chi connectivity index (χ3n) is 3.93. The van der Waals surface area contributed by atoms with Gasteiger partial charge in [-0.3, -0.25) is 4.79 Å². The molecule has 6 heteroatoms. The van der Waals surface area contributed by atoms with Gasteiger partial charge in [-0.05, 0) is 19.0 Å². The lowest BCUT2D eigenvalue weighted by atomic mass is 9.88. The molecule has 0 spiro atoms. The van der Waals surface area contributed by atoms with Gasteiger partial charge in [0.1, 0.15) is 23.9 Å². The van der Waals surface area contributed by atoms with Crippen LogP contribution in [0.25, 0.3) is 0 Å². The van der Waals surface area contributed by atoms with Crippen molar-refractivity contribution in [3.63, 3.8) is 0 Å². The van der Waals surface area contributed by atoms with E-state index in [4.69, 9.17) is 14.2 Å². The van der Waals surface area contributed by atoms with E-state index in [0.29, 0.717) is 36.3 Å². The number of hydrogen-bond acceptors (Lipinski definition) is 5. The van der Waals surface area contributed by atoms with Gasteiger partial charge in [0.25, 0.3) is 0 Å². The van der Waals surface area contributed by atoms with Crippen molar-refractivity contribution in [1.29, 1.82) is 0 Å². The Hall–Kier alpha value is -1.95. The maximum absolute atomic E-state index is 12.0. The molecule has 1 aromatic rings. The number of ether oxygens (including phenoxy) is 3. The molecule has 1 aliphatic heterocycles. The highest BCUT2D eigenvalue weighted by molar-refractivity contribution is 5.78. The average molecular weight is 308 g/mol. The molecule has 0 bridgehead atoms. The second kappa shape index (κ2) is 7.89. The zero-order chi connectivity index (χ0) is 15.9. The number of nitrogens with one attached hydrogen (secondary N) is 2. The first-order valence-electron chi connectivity index (χ1n) is 7.48. The van der Waals surface area contributed by atoms with Crippen molar-refractivity contribution in [2.45, 2.75) is 6.92 Å². The van der Waals surface area contributed by atoms with Crippen LogP contribution in [0, 0.1) is 11.8 Å². The normalized spacial score (nSPS) is 15.6. The number of rotatable bonds is 8. The van der Waals surface area contributed by atoms with Crippen molar-refractivity contribution in [2.24, 2.45) is 11.8 Å². The number of amides is 1. The molecule has 2 rings (SSSR count). The fraction of sp³-hybridized carbons (Fsp3) is 0.562. The molecule has 1 atom stereocenters. The van der Waals surface area contributed by atoms with Gasteiger partial charge in [0, 0.05) is 24.1 Å². The van der Waals surface area contributed by atoms with E-state index in [9.17, 15) is 4.79 Å². The van der Waals surface area contributed by atoms with Crippen molar-refractivity contribution in [1.82, 2.24) is 10.6 Å². The molecule has 0 saturated carbocycles. The van der Waals surface area contributed by atoms with Crippen molar-refractivity contribution in [2.75, 3.05) is 40.5 Å². The second-order valence-corrected chi connectivity index (χ2v) is 5.39. The monoisotopic (exact) mass is 308 g/mol. The number of carbonyl (C=O) groups is 1. The van der Waals surface area contributed by atoms with E-state index in [1.54, 1.807) is 32.4 Å². The van der Waals surface area contributed by atoms with E-state index in [-0.39, 0.29) is 11.8 Å². The molecule has 1 aliphatic rings. The maximum atomic E-state index is 12.0. The number of carbonyl (C=O) groups excluding carboxylic acids is 1. The summed E-state index contributed by atoms with van der Waals surface area (Å²) < 4.78 is 16.0. The molecule has 0 radical (unpaired) electrons. The predicted octanol–water partition coefficient (Wildman–Crippen LogP) is 1.05. The van der Waals surface area contributed by atoms with Gasteiger partial charge in [-0.15, -0.1) is 0 Å². The number of benzene rings is 1. The van der Waals surface area contributed by atoms with Crippen LogP contribution in [0.4, 0.5) is 0 Å². The van der Waals surface area contributed by atoms with Gasteiger partial charge in [0.2, 0.25) is 5.91 Å². The smallest absolute Gasteiger partial charge is 0.223 e. The summed E-state index contributed by atoms with van der Waals surface area (Å²) in [5.74, 6) is 2.57. The maximum Gasteiger partial charge on any atom is 0.223 e. The largest absolute Gasteiger partial charge is 0.496 e. The Balaban J connectivity index is 1.75. The fourth-order valence-electron chi connectivity index (χ4n) is 2.25. The first-order valence-corrected chi connectivity index (χ1v) is 7.48. The van der Waals surface area contributed by atoms with Crippen LogP contribution in [0.2, 0.25) is 0 Å². The molecule has 6 nitrogen and oxygen atoms in total. The Morgan fingerprint density at radius 1 is 1.23 bits per heavy atom. The SMILES string of the molecule is COc1cc(OC)cc(OCCNC(=O)C(C)C2CNC2)c1. The lowest BCUT2D eigenvalue weighted by Crippen LogP contribution is -2.49. The first kappa shape index (κ1) is 16.4. The van der Waals surface area contributed by atoms with Crippen molar-refractivity contribution >= 4 is 5.91 Å². The highest BCUT2D eigenvalue weighted by Crippen LogP contribution is 2.27. The Kier molecular flexibility index (Phi) is 5.89. The summed E-state index contributed by atoms with van der Waals surface area (Å²) in [6, 6.07) is 5.35. The summed E-state index contributed by atoms with van der Waals surface area (Å²) in [6.07, 6.45) is 0. The summed E-state index contributed by atoms with van der Waals surface area (Å²) in [5.41, 5.74) is 0. The Bertz CT molecular complexity index is 481. The van der Waals surface area contributed by atoms with Crippen LogP contribution in [0.1, 0.15) is 6.92 Å². The molecule has 2 N–H and O–H groups in total. The Morgan fingerprint density at radius 3 is 2.32 bits per heavy atom. The summed E-state index contributed by atoms with van der Waals surface area (Å²) in [6.45, 7) is 4.69. The topological polar surface area (TPSA) is 68.8 Å². The molecular weight excluding hydrogens is 284 g/mol. The van der Waals surface area contributed by atoms with Crippen LogP contribution in [0.5, 0.6) is 17.2 Å². The summed E-state index contributed by atoms with van der Waals surface area (Å²) in [5, 5.41) is 6.08. The number of methoxy groups -OCH3 is 2. The van der Waals surface area contributed by atoms with Gasteiger partial charge in [-0.25, -0.2) is 0 Å². The van der Waals surface area contributed by atoms with Crippen LogP contribution >= 0.6 is 0 Å². The molecule has 122 valence electrons. The molecule has 1 heterocycles. The molecule has 1 aromatic carbocycles. The third-order valence-corrected chi connectivity index (χ3v) is 3.93. The van der Waals surface area contributed by atoms with E-state index in [1.807, 2.05) is 6.92 Å². The molecule has 1 unspecified atom stereocenters. The first-order chi connectivity index (χ1) is 10.6. The van der Waals surface area contributed by atoms with Gasteiger partial charge < -0.3 is 24.8 Å². The molecule has 0 aromatic heterocycles. The Labute approximate surface area is 131 Å². The number of hydrogen-bond donors (Lipinski definition) is 2. The van der Waals surface area contributed by atoms with Gasteiger partial charge in [0.05, 0.1) is 20.8 Å². The van der Waals surface area contributed by atoms with E-state index < -0.39 is 0 Å². The van der Waals surface area contributed by atoms with Crippen LogP contribution in [-0.4, -0.2) is 46.4 Å². The molecule has 22 heavy (non-hydrogen) atoms. The van der Waals surface area contributed by atoms with Crippen molar-refractivity contribution in [3.8, 4) is 17.2 Å². The van der Waals surface area contributed by atoms with Crippen LogP contribution in [0.3, 0.4) is 0 Å². The Morgan fingerprint density at radius 2 is 1.82 bits per heavy atom. The zero-order valence-electron chi connectivity index (χ0n) is 13.3. The van der Waals surface area contributed by atoms with Crippen molar-refractivity contribution < 1.29 is 19.0 Å². The summed E-state index contributed by atoms with van der Waals surface area (Å²) >= 11 is 0. The summed E-state index contributed by atoms with van der Waals surface area (Å²) in [7, 11) is 3.19. The molecular formula is C16H24N2O4. The predicted molar refractivity (Wildman–Crippen MR) is 83.6 cm³/mol. The van der Waals surface area contributed by atoms with E-state index >= 15 is 0 Å². The fourth-order valence-corrected chi connectivity index (χ4v) is 2.25.